The van der Waals surface area contributed by atoms with Crippen molar-refractivity contribution in [3.63, 3.8) is 0 Å². The summed E-state index contributed by atoms with van der Waals surface area (Å²) < 4.78 is 22.5. The molecule has 0 unspecified atom stereocenters. The molecule has 0 radical (unpaired) electrons. The molecule has 0 heterocycles. The quantitative estimate of drug-likeness (QED) is 0.602. The summed E-state index contributed by atoms with van der Waals surface area (Å²) in [5.74, 6) is 4.82. The molecule has 0 spiro atoms. The molecule has 0 amide bonds. The van der Waals surface area contributed by atoms with Crippen LogP contribution in [0, 0.1) is 0 Å². The largest absolute Gasteiger partial charge is 0.257 e. The molecular weight excluding hydrogens is 235 g/mol. The van der Waals surface area contributed by atoms with Gasteiger partial charge in [-0.3, -0.25) is 5.84 Å². The van der Waals surface area contributed by atoms with Crippen LogP contribution in [0.25, 0.3) is 0 Å². The van der Waals surface area contributed by atoms with E-state index in [-0.39, 0.29) is 14.9 Å². The number of benzene rings is 1. The van der Waals surface area contributed by atoms with E-state index in [1.807, 2.05) is 0 Å². The van der Waals surface area contributed by atoms with Gasteiger partial charge in [-0.25, -0.2) is 8.42 Å². The highest BCUT2D eigenvalue weighted by atomic mass is 35.5. The molecule has 0 fully saturated rings. The van der Waals surface area contributed by atoms with Gasteiger partial charge in [0.2, 0.25) is 0 Å². The molecule has 0 saturated carbocycles. The lowest BCUT2D eigenvalue weighted by atomic mass is 10.4. The second-order valence-electron chi connectivity index (χ2n) is 2.17. The molecule has 1 rings (SSSR count). The second kappa shape index (κ2) is 3.81. The first-order valence-corrected chi connectivity index (χ1v) is 5.39. The van der Waals surface area contributed by atoms with E-state index in [2.05, 4.69) is 0 Å². The van der Waals surface area contributed by atoms with E-state index < -0.39 is 10.0 Å². The molecule has 0 aliphatic carbocycles. The molecule has 7 heteroatoms. The molecule has 72 valence electrons. The summed E-state index contributed by atoms with van der Waals surface area (Å²) in [4.78, 5) is 1.44. The number of sulfonamides is 1. The lowest BCUT2D eigenvalue weighted by molar-refractivity contribution is 0.584. The van der Waals surface area contributed by atoms with Crippen molar-refractivity contribution >= 4 is 33.2 Å². The average molecular weight is 241 g/mol. The Labute approximate surface area is 85.7 Å². The van der Waals surface area contributed by atoms with E-state index in [1.54, 1.807) is 10.9 Å². The zero-order chi connectivity index (χ0) is 10.1. The van der Waals surface area contributed by atoms with Gasteiger partial charge in [0.25, 0.3) is 10.0 Å². The van der Waals surface area contributed by atoms with Crippen molar-refractivity contribution in [1.29, 1.82) is 0 Å². The van der Waals surface area contributed by atoms with Gasteiger partial charge in [0.05, 0.1) is 10.0 Å². The van der Waals surface area contributed by atoms with Crippen LogP contribution in [0.1, 0.15) is 0 Å². The van der Waals surface area contributed by atoms with Crippen LogP contribution in [-0.2, 0) is 10.0 Å². The summed E-state index contributed by atoms with van der Waals surface area (Å²) in [6, 6.07) is 4.37. The Hall–Kier alpha value is -0.330. The summed E-state index contributed by atoms with van der Waals surface area (Å²) >= 11 is 11.3. The summed E-state index contributed by atoms with van der Waals surface area (Å²) in [6.07, 6.45) is 0. The molecule has 0 aliphatic heterocycles. The summed E-state index contributed by atoms with van der Waals surface area (Å²) in [5, 5.41) is 0.0656. The lowest BCUT2D eigenvalue weighted by Gasteiger charge is -2.05. The highest BCUT2D eigenvalue weighted by Crippen LogP contribution is 2.28. The van der Waals surface area contributed by atoms with Crippen molar-refractivity contribution in [2.45, 2.75) is 4.90 Å². The summed E-state index contributed by atoms with van der Waals surface area (Å²) in [6.45, 7) is 0. The van der Waals surface area contributed by atoms with Crippen molar-refractivity contribution in [3.8, 4) is 0 Å². The monoisotopic (exact) mass is 240 g/mol. The Morgan fingerprint density at radius 2 is 1.69 bits per heavy atom. The minimum atomic E-state index is -3.80. The lowest BCUT2D eigenvalue weighted by Crippen LogP contribution is -2.30. The van der Waals surface area contributed by atoms with Gasteiger partial charge in [0.15, 0.2) is 0 Å². The molecule has 4 nitrogen and oxygen atoms in total. The number of hydrazine groups is 1. The highest BCUT2D eigenvalue weighted by Gasteiger charge is 2.19. The van der Waals surface area contributed by atoms with Gasteiger partial charge >= 0.3 is 0 Å². The molecule has 0 bridgehead atoms. The fourth-order valence-electron chi connectivity index (χ4n) is 0.798. The van der Waals surface area contributed by atoms with Crippen LogP contribution in [0.4, 0.5) is 0 Å². The normalized spacial score (nSPS) is 11.6. The van der Waals surface area contributed by atoms with Gasteiger partial charge in [-0.1, -0.05) is 29.3 Å². The number of nitrogens with one attached hydrogen (secondary N) is 1. The fraction of sp³-hybridized carbons (Fsp3) is 0. The van der Waals surface area contributed by atoms with E-state index in [1.165, 1.54) is 12.1 Å². The molecule has 3 N–H and O–H groups in total. The third kappa shape index (κ3) is 2.12. The first-order valence-electron chi connectivity index (χ1n) is 3.15. The van der Waals surface area contributed by atoms with E-state index in [9.17, 15) is 8.42 Å². The second-order valence-corrected chi connectivity index (χ2v) is 4.64. The van der Waals surface area contributed by atoms with Crippen molar-refractivity contribution in [2.24, 2.45) is 5.84 Å². The van der Waals surface area contributed by atoms with Crippen molar-refractivity contribution < 1.29 is 8.42 Å². The predicted octanol–water partition coefficient (Wildman–Crippen LogP) is 1.15. The Bertz CT molecular complexity index is 398. The minimum absolute atomic E-state index is 0.0328. The van der Waals surface area contributed by atoms with Crippen LogP contribution in [0.2, 0.25) is 10.0 Å². The molecule has 13 heavy (non-hydrogen) atoms. The first kappa shape index (κ1) is 10.7. The predicted molar refractivity (Wildman–Crippen MR) is 51.0 cm³/mol. The van der Waals surface area contributed by atoms with Crippen LogP contribution >= 0.6 is 23.2 Å². The van der Waals surface area contributed by atoms with Gasteiger partial charge in [-0.05, 0) is 12.1 Å². The van der Waals surface area contributed by atoms with Crippen LogP contribution in [0.3, 0.4) is 0 Å². The van der Waals surface area contributed by atoms with Crippen molar-refractivity contribution in [2.75, 3.05) is 0 Å². The van der Waals surface area contributed by atoms with Crippen molar-refractivity contribution in [1.82, 2.24) is 4.83 Å². The van der Waals surface area contributed by atoms with Crippen LogP contribution in [0.5, 0.6) is 0 Å². The standard InChI is InChI=1S/C6H6Cl2N2O2S/c7-4-2-1-3-5(8)6(4)13(11,12)10-9/h1-3,10H,9H2. The number of hydrogen-bond acceptors (Lipinski definition) is 3. The zero-order valence-corrected chi connectivity index (χ0v) is 8.62. The zero-order valence-electron chi connectivity index (χ0n) is 6.29. The first-order chi connectivity index (χ1) is 5.99. The molecule has 0 atom stereocenters. The van der Waals surface area contributed by atoms with Crippen LogP contribution in [0.15, 0.2) is 23.1 Å². The Morgan fingerprint density at radius 3 is 2.08 bits per heavy atom. The third-order valence-corrected chi connectivity index (χ3v) is 3.48. The molecule has 0 aliphatic rings. The number of nitrogens with two attached hydrogens (primary N) is 1. The van der Waals surface area contributed by atoms with Crippen LogP contribution < -0.4 is 10.7 Å². The Kier molecular flexibility index (Phi) is 3.15. The van der Waals surface area contributed by atoms with E-state index >= 15 is 0 Å². The van der Waals surface area contributed by atoms with Gasteiger partial charge < -0.3 is 0 Å². The number of halogens is 2. The fourth-order valence-corrected chi connectivity index (χ4v) is 2.57. The third-order valence-electron chi connectivity index (χ3n) is 1.34. The Morgan fingerprint density at radius 1 is 1.23 bits per heavy atom. The van der Waals surface area contributed by atoms with Gasteiger partial charge in [-0.2, -0.15) is 0 Å². The molecular formula is C6H6Cl2N2O2S. The average Bonchev–Trinajstić information content (AvgIpc) is 2.03. The maximum atomic E-state index is 11.2. The minimum Gasteiger partial charge on any atom is -0.257 e. The van der Waals surface area contributed by atoms with Crippen LogP contribution in [-0.4, -0.2) is 8.42 Å². The van der Waals surface area contributed by atoms with E-state index in [0.29, 0.717) is 0 Å². The molecule has 0 aromatic heterocycles. The molecule has 1 aromatic carbocycles. The topological polar surface area (TPSA) is 72.2 Å². The van der Waals surface area contributed by atoms with Gasteiger partial charge in [-0.15, -0.1) is 4.83 Å². The smallest absolute Gasteiger partial charge is 0.256 e. The van der Waals surface area contributed by atoms with E-state index in [0.717, 1.165) is 0 Å². The van der Waals surface area contributed by atoms with Gasteiger partial charge in [0, 0.05) is 0 Å². The summed E-state index contributed by atoms with van der Waals surface area (Å²) in [7, 11) is -3.80. The van der Waals surface area contributed by atoms with Crippen molar-refractivity contribution in [3.05, 3.63) is 28.2 Å². The highest BCUT2D eigenvalue weighted by molar-refractivity contribution is 7.89. The van der Waals surface area contributed by atoms with Gasteiger partial charge in [0.1, 0.15) is 4.90 Å². The summed E-state index contributed by atoms with van der Waals surface area (Å²) in [5.41, 5.74) is 0. The maximum absolute atomic E-state index is 11.2. The maximum Gasteiger partial charge on any atom is 0.256 e. The molecule has 1 aromatic rings. The molecule has 0 saturated heterocycles. The Balaban J connectivity index is 3.46. The SMILES string of the molecule is NNS(=O)(=O)c1c(Cl)cccc1Cl. The van der Waals surface area contributed by atoms with E-state index in [4.69, 9.17) is 29.0 Å². The number of rotatable bonds is 2. The number of hydrogen-bond donors (Lipinski definition) is 2.